The Morgan fingerprint density at radius 2 is 1.95 bits per heavy atom. The van der Waals surface area contributed by atoms with Crippen molar-refractivity contribution in [1.29, 1.82) is 0 Å². The van der Waals surface area contributed by atoms with Crippen LogP contribution >= 0.6 is 0 Å². The summed E-state index contributed by atoms with van der Waals surface area (Å²) in [4.78, 5) is 10.9. The number of carbonyl (C=O) groups excluding carboxylic acids is 1. The molecule has 19 heavy (non-hydrogen) atoms. The Balaban J connectivity index is 2.35. The Bertz CT molecular complexity index is 550. The van der Waals surface area contributed by atoms with E-state index in [0.717, 1.165) is 12.1 Å². The number of hydrogen-bond acceptors (Lipinski definition) is 1. The van der Waals surface area contributed by atoms with Gasteiger partial charge in [-0.05, 0) is 18.6 Å². The SMILES string of the molecule is O=C(N[C@H]1CC=C(F)c2cccc(F)c21)C(F)(F)F. The van der Waals surface area contributed by atoms with Gasteiger partial charge in [-0.2, -0.15) is 13.2 Å². The molecule has 0 bridgehead atoms. The smallest absolute Gasteiger partial charge is 0.341 e. The molecular formula is C12H8F5NO. The third-order valence-corrected chi connectivity index (χ3v) is 2.75. The van der Waals surface area contributed by atoms with Gasteiger partial charge in [-0.25, -0.2) is 8.78 Å². The summed E-state index contributed by atoms with van der Waals surface area (Å²) in [5.74, 6) is -3.75. The van der Waals surface area contributed by atoms with Crippen molar-refractivity contribution in [3.05, 3.63) is 41.2 Å². The molecule has 7 heteroatoms. The van der Waals surface area contributed by atoms with Gasteiger partial charge in [0.2, 0.25) is 0 Å². The minimum absolute atomic E-state index is 0.140. The van der Waals surface area contributed by atoms with Crippen molar-refractivity contribution in [2.24, 2.45) is 0 Å². The molecule has 0 saturated heterocycles. The van der Waals surface area contributed by atoms with Crippen LogP contribution in [0, 0.1) is 5.82 Å². The van der Waals surface area contributed by atoms with Crippen LogP contribution in [0.4, 0.5) is 22.0 Å². The van der Waals surface area contributed by atoms with Crippen molar-refractivity contribution in [1.82, 2.24) is 5.32 Å². The van der Waals surface area contributed by atoms with E-state index in [1.807, 2.05) is 0 Å². The first-order valence-corrected chi connectivity index (χ1v) is 5.33. The summed E-state index contributed by atoms with van der Waals surface area (Å²) in [5, 5.41) is 1.66. The van der Waals surface area contributed by atoms with Crippen LogP contribution in [0.2, 0.25) is 0 Å². The number of carbonyl (C=O) groups is 1. The zero-order valence-corrected chi connectivity index (χ0v) is 9.39. The van der Waals surface area contributed by atoms with Gasteiger partial charge in [0.15, 0.2) is 0 Å². The third-order valence-electron chi connectivity index (χ3n) is 2.75. The van der Waals surface area contributed by atoms with Gasteiger partial charge in [0.25, 0.3) is 0 Å². The van der Waals surface area contributed by atoms with Gasteiger partial charge in [-0.1, -0.05) is 12.1 Å². The van der Waals surface area contributed by atoms with Gasteiger partial charge in [0.1, 0.15) is 11.6 Å². The minimum Gasteiger partial charge on any atom is -0.341 e. The molecular weight excluding hydrogens is 269 g/mol. The Hall–Kier alpha value is -1.92. The molecule has 0 heterocycles. The normalized spacial score (nSPS) is 18.6. The zero-order valence-electron chi connectivity index (χ0n) is 9.39. The fourth-order valence-electron chi connectivity index (χ4n) is 1.92. The highest BCUT2D eigenvalue weighted by Crippen LogP contribution is 2.35. The quantitative estimate of drug-likeness (QED) is 0.784. The van der Waals surface area contributed by atoms with E-state index in [4.69, 9.17) is 0 Å². The van der Waals surface area contributed by atoms with Crippen molar-refractivity contribution >= 4 is 11.7 Å². The molecule has 0 aromatic heterocycles. The molecule has 1 aromatic rings. The first-order chi connectivity index (χ1) is 8.80. The van der Waals surface area contributed by atoms with Gasteiger partial charge < -0.3 is 5.32 Å². The predicted octanol–water partition coefficient (Wildman–Crippen LogP) is 3.26. The largest absolute Gasteiger partial charge is 0.471 e. The molecule has 2 nitrogen and oxygen atoms in total. The molecule has 1 atom stereocenters. The van der Waals surface area contributed by atoms with Crippen molar-refractivity contribution in [2.75, 3.05) is 0 Å². The molecule has 0 spiro atoms. The second kappa shape index (κ2) is 4.64. The maximum atomic E-state index is 13.6. The molecule has 1 amide bonds. The monoisotopic (exact) mass is 277 g/mol. The lowest BCUT2D eigenvalue weighted by molar-refractivity contribution is -0.174. The highest BCUT2D eigenvalue weighted by molar-refractivity contribution is 5.82. The molecule has 0 fully saturated rings. The summed E-state index contributed by atoms with van der Waals surface area (Å²) in [6.07, 6.45) is -4.28. The molecule has 0 saturated carbocycles. The molecule has 1 N–H and O–H groups in total. The van der Waals surface area contributed by atoms with Crippen LogP contribution in [-0.2, 0) is 4.79 Å². The van der Waals surface area contributed by atoms with Crippen LogP contribution in [0.5, 0.6) is 0 Å². The van der Waals surface area contributed by atoms with Crippen molar-refractivity contribution < 1.29 is 26.7 Å². The van der Waals surface area contributed by atoms with Crippen molar-refractivity contribution in [2.45, 2.75) is 18.6 Å². The maximum Gasteiger partial charge on any atom is 0.471 e. The van der Waals surface area contributed by atoms with E-state index < -0.39 is 29.8 Å². The van der Waals surface area contributed by atoms with E-state index >= 15 is 0 Å². The van der Waals surface area contributed by atoms with Crippen molar-refractivity contribution in [3.8, 4) is 0 Å². The summed E-state index contributed by atoms with van der Waals surface area (Å²) in [6, 6.07) is 2.26. The highest BCUT2D eigenvalue weighted by Gasteiger charge is 2.40. The topological polar surface area (TPSA) is 29.1 Å². The van der Waals surface area contributed by atoms with E-state index in [0.29, 0.717) is 0 Å². The number of hydrogen-bond donors (Lipinski definition) is 1. The second-order valence-corrected chi connectivity index (χ2v) is 4.01. The summed E-state index contributed by atoms with van der Waals surface area (Å²) >= 11 is 0. The standard InChI is InChI=1S/C12H8F5NO/c13-7-4-5-9(18-11(19)12(15,16)17)10-6(7)2-1-3-8(10)14/h1-4,9H,5H2,(H,18,19)/t9-/m0/s1. The molecule has 1 aliphatic carbocycles. The van der Waals surface area contributed by atoms with E-state index in [9.17, 15) is 26.7 Å². The third kappa shape index (κ3) is 2.59. The summed E-state index contributed by atoms with van der Waals surface area (Å²) < 4.78 is 63.6. The molecule has 2 rings (SSSR count). The number of alkyl halides is 3. The Morgan fingerprint density at radius 3 is 2.58 bits per heavy atom. The lowest BCUT2D eigenvalue weighted by atomic mass is 9.91. The molecule has 1 aromatic carbocycles. The fraction of sp³-hybridized carbons (Fsp3) is 0.250. The van der Waals surface area contributed by atoms with E-state index in [-0.39, 0.29) is 17.5 Å². The summed E-state index contributed by atoms with van der Waals surface area (Å²) in [5.41, 5.74) is -0.404. The van der Waals surface area contributed by atoms with Crippen molar-refractivity contribution in [3.63, 3.8) is 0 Å². The summed E-state index contributed by atoms with van der Waals surface area (Å²) in [7, 11) is 0. The Morgan fingerprint density at radius 1 is 1.26 bits per heavy atom. The lowest BCUT2D eigenvalue weighted by Gasteiger charge is -2.24. The van der Waals surface area contributed by atoms with E-state index in [1.54, 1.807) is 5.32 Å². The number of fused-ring (bicyclic) bond motifs is 1. The van der Waals surface area contributed by atoms with Crippen LogP contribution in [-0.4, -0.2) is 12.1 Å². The minimum atomic E-state index is -5.06. The number of halogens is 5. The van der Waals surface area contributed by atoms with Crippen LogP contribution < -0.4 is 5.32 Å². The van der Waals surface area contributed by atoms with Crippen LogP contribution in [0.25, 0.3) is 5.83 Å². The van der Waals surface area contributed by atoms with Gasteiger partial charge in [-0.15, -0.1) is 0 Å². The molecule has 0 radical (unpaired) electrons. The van der Waals surface area contributed by atoms with E-state index in [1.165, 1.54) is 12.1 Å². The first-order valence-electron chi connectivity index (χ1n) is 5.33. The lowest BCUT2D eigenvalue weighted by Crippen LogP contribution is -2.40. The molecule has 0 aliphatic heterocycles. The average Bonchev–Trinajstić information content (AvgIpc) is 2.32. The second-order valence-electron chi connectivity index (χ2n) is 4.01. The summed E-state index contributed by atoms with van der Waals surface area (Å²) in [6.45, 7) is 0. The van der Waals surface area contributed by atoms with E-state index in [2.05, 4.69) is 0 Å². The maximum absolute atomic E-state index is 13.6. The number of rotatable bonds is 1. The highest BCUT2D eigenvalue weighted by atomic mass is 19.4. The number of amides is 1. The van der Waals surface area contributed by atoms with Gasteiger partial charge in [-0.3, -0.25) is 4.79 Å². The van der Waals surface area contributed by atoms with Gasteiger partial charge >= 0.3 is 12.1 Å². The molecule has 1 aliphatic rings. The molecule has 102 valence electrons. The van der Waals surface area contributed by atoms with Gasteiger partial charge in [0, 0.05) is 11.1 Å². The number of benzene rings is 1. The molecule has 0 unspecified atom stereocenters. The van der Waals surface area contributed by atoms with Crippen LogP contribution in [0.3, 0.4) is 0 Å². The zero-order chi connectivity index (χ0) is 14.2. The Labute approximate surface area is 104 Å². The van der Waals surface area contributed by atoms with Crippen LogP contribution in [0.1, 0.15) is 23.6 Å². The Kier molecular flexibility index (Phi) is 3.30. The fourth-order valence-corrected chi connectivity index (χ4v) is 1.92. The average molecular weight is 277 g/mol. The predicted molar refractivity (Wildman–Crippen MR) is 57.0 cm³/mol. The first kappa shape index (κ1) is 13.5. The van der Waals surface area contributed by atoms with Crippen LogP contribution in [0.15, 0.2) is 24.3 Å². The number of nitrogens with one attached hydrogen (secondary N) is 1. The van der Waals surface area contributed by atoms with Gasteiger partial charge in [0.05, 0.1) is 6.04 Å².